The second kappa shape index (κ2) is 5.50. The number of hydrogen-bond acceptors (Lipinski definition) is 6. The van der Waals surface area contributed by atoms with Crippen molar-refractivity contribution >= 4 is 53.0 Å². The molecule has 2 saturated heterocycles. The summed E-state index contributed by atoms with van der Waals surface area (Å²) in [5.74, 6) is 1.98. The van der Waals surface area contributed by atoms with Crippen molar-refractivity contribution in [3.63, 3.8) is 0 Å². The lowest BCUT2D eigenvalue weighted by Crippen LogP contribution is -2.15. The lowest BCUT2D eigenvalue weighted by Gasteiger charge is -2.19. The third-order valence-electron chi connectivity index (χ3n) is 2.18. The van der Waals surface area contributed by atoms with Crippen LogP contribution in [0.3, 0.4) is 0 Å². The Labute approximate surface area is 113 Å². The van der Waals surface area contributed by atoms with Gasteiger partial charge in [-0.1, -0.05) is 13.5 Å². The molecular weight excluding hydrogens is 280 g/mol. The molecule has 3 atom stereocenters. The normalized spacial score (nSPS) is 37.8. The summed E-state index contributed by atoms with van der Waals surface area (Å²) in [6, 6.07) is 0. The summed E-state index contributed by atoms with van der Waals surface area (Å²) in [5, 5.41) is 1.17. The molecule has 6 heteroatoms. The third-order valence-corrected chi connectivity index (χ3v) is 10.2. The molecule has 0 radical (unpaired) electrons. The first-order chi connectivity index (χ1) is 7.63. The van der Waals surface area contributed by atoms with Crippen LogP contribution in [0.4, 0.5) is 0 Å². The maximum Gasteiger partial charge on any atom is 0.330 e. The zero-order valence-corrected chi connectivity index (χ0v) is 12.3. The Bertz CT molecular complexity index is 297. The molecule has 0 aliphatic carbocycles. The van der Waals surface area contributed by atoms with Crippen LogP contribution in [-0.4, -0.2) is 37.3 Å². The summed E-state index contributed by atoms with van der Waals surface area (Å²) in [4.78, 5) is 11.0. The smallest absolute Gasteiger partial charge is 0.330 e. The van der Waals surface area contributed by atoms with Crippen molar-refractivity contribution in [1.82, 2.24) is 0 Å². The number of hydrogen-bond donors (Lipinski definition) is 0. The van der Waals surface area contributed by atoms with E-state index in [0.29, 0.717) is 11.9 Å². The van der Waals surface area contributed by atoms with Crippen LogP contribution in [0.1, 0.15) is 6.92 Å². The molecular formula is C10H14O2S4. The van der Waals surface area contributed by atoms with Crippen molar-refractivity contribution in [2.75, 3.05) is 18.1 Å². The molecule has 0 saturated carbocycles. The van der Waals surface area contributed by atoms with Crippen molar-refractivity contribution in [2.24, 2.45) is 0 Å². The van der Waals surface area contributed by atoms with E-state index in [1.807, 2.05) is 47.0 Å². The number of ether oxygens (including phenoxy) is 1. The third kappa shape index (κ3) is 3.09. The van der Waals surface area contributed by atoms with Gasteiger partial charge in [-0.25, -0.2) is 4.79 Å². The zero-order chi connectivity index (χ0) is 11.6. The van der Waals surface area contributed by atoms with Gasteiger partial charge in [-0.3, -0.25) is 0 Å². The van der Waals surface area contributed by atoms with Crippen molar-refractivity contribution in [3.05, 3.63) is 12.7 Å². The largest absolute Gasteiger partial charge is 0.461 e. The van der Waals surface area contributed by atoms with Gasteiger partial charge in [0.2, 0.25) is 0 Å². The van der Waals surface area contributed by atoms with Gasteiger partial charge in [0.05, 0.1) is 5.25 Å². The van der Waals surface area contributed by atoms with E-state index in [4.69, 9.17) is 4.74 Å². The molecule has 1 spiro atoms. The topological polar surface area (TPSA) is 26.3 Å². The highest BCUT2D eigenvalue weighted by Gasteiger charge is 2.47. The average Bonchev–Trinajstić information content (AvgIpc) is 2.83. The number of thioether (sulfide) groups is 4. The molecule has 2 rings (SSSR count). The van der Waals surface area contributed by atoms with Gasteiger partial charge in [-0.2, -0.15) is 0 Å². The SMILES string of the molecule is C=CC(=O)OCC1CSC2(SCC(C)S2)S1. The first-order valence-electron chi connectivity index (χ1n) is 5.06. The molecule has 0 aromatic rings. The fourth-order valence-corrected chi connectivity index (χ4v) is 9.94. The maximum atomic E-state index is 11.0. The number of carbonyl (C=O) groups excluding carboxylic acids is 1. The molecule has 2 nitrogen and oxygen atoms in total. The fraction of sp³-hybridized carbons (Fsp3) is 0.700. The molecule has 0 aromatic carbocycles. The molecule has 16 heavy (non-hydrogen) atoms. The molecule has 0 bridgehead atoms. The summed E-state index contributed by atoms with van der Waals surface area (Å²) < 4.78 is 5.36. The summed E-state index contributed by atoms with van der Waals surface area (Å²) in [7, 11) is 0. The molecule has 2 aliphatic heterocycles. The van der Waals surface area contributed by atoms with E-state index in [1.165, 1.54) is 11.8 Å². The summed E-state index contributed by atoms with van der Waals surface area (Å²) in [6.07, 6.45) is 1.23. The highest BCUT2D eigenvalue weighted by molar-refractivity contribution is 8.50. The first-order valence-corrected chi connectivity index (χ1v) is 8.79. The minimum atomic E-state index is -0.313. The molecule has 0 N–H and O–H groups in total. The van der Waals surface area contributed by atoms with Crippen molar-refractivity contribution < 1.29 is 9.53 Å². The number of carbonyl (C=O) groups is 1. The number of esters is 1. The van der Waals surface area contributed by atoms with Crippen molar-refractivity contribution in [2.45, 2.75) is 20.2 Å². The quantitative estimate of drug-likeness (QED) is 0.586. The molecule has 90 valence electrons. The molecule has 3 unspecified atom stereocenters. The number of rotatable bonds is 3. The van der Waals surface area contributed by atoms with Gasteiger partial charge in [0.25, 0.3) is 0 Å². The lowest BCUT2D eigenvalue weighted by atomic mass is 10.5. The van der Waals surface area contributed by atoms with E-state index in [0.717, 1.165) is 11.0 Å². The summed E-state index contributed by atoms with van der Waals surface area (Å²) in [6.45, 7) is 6.18. The van der Waals surface area contributed by atoms with Crippen LogP contribution in [0.2, 0.25) is 0 Å². The Balaban J connectivity index is 1.79. The minimum Gasteiger partial charge on any atom is -0.461 e. The van der Waals surface area contributed by atoms with E-state index in [1.54, 1.807) is 0 Å². The van der Waals surface area contributed by atoms with E-state index in [-0.39, 0.29) is 8.71 Å². The van der Waals surface area contributed by atoms with Gasteiger partial charge in [0.1, 0.15) is 6.61 Å². The molecule has 0 aromatic heterocycles. The van der Waals surface area contributed by atoms with Gasteiger partial charge < -0.3 is 4.74 Å². The Kier molecular flexibility index (Phi) is 4.49. The highest BCUT2D eigenvalue weighted by Crippen LogP contribution is 2.66. The van der Waals surface area contributed by atoms with Gasteiger partial charge in [-0.05, 0) is 0 Å². The van der Waals surface area contributed by atoms with Crippen LogP contribution in [0.25, 0.3) is 0 Å². The summed E-state index contributed by atoms with van der Waals surface area (Å²) in [5.41, 5.74) is 0. The standard InChI is InChI=1S/C10H14O2S4/c1-3-9(11)12-4-8-6-14-10(16-8)13-5-7(2)15-10/h3,7-8H,1,4-6H2,2H3. The van der Waals surface area contributed by atoms with E-state index in [9.17, 15) is 4.79 Å². The van der Waals surface area contributed by atoms with E-state index in [2.05, 4.69) is 13.5 Å². The van der Waals surface area contributed by atoms with Crippen LogP contribution in [0, 0.1) is 0 Å². The van der Waals surface area contributed by atoms with Crippen molar-refractivity contribution in [3.8, 4) is 0 Å². The second-order valence-electron chi connectivity index (χ2n) is 3.62. The molecule has 2 heterocycles. The molecule has 2 aliphatic rings. The Morgan fingerprint density at radius 3 is 2.88 bits per heavy atom. The van der Waals surface area contributed by atoms with Crippen molar-refractivity contribution in [1.29, 1.82) is 0 Å². The van der Waals surface area contributed by atoms with E-state index < -0.39 is 0 Å². The zero-order valence-electron chi connectivity index (χ0n) is 9.01. The Morgan fingerprint density at radius 1 is 1.50 bits per heavy atom. The lowest BCUT2D eigenvalue weighted by molar-refractivity contribution is -0.137. The van der Waals surface area contributed by atoms with Crippen LogP contribution >= 0.6 is 47.0 Å². The van der Waals surface area contributed by atoms with Crippen LogP contribution in [0.15, 0.2) is 12.7 Å². The monoisotopic (exact) mass is 294 g/mol. The minimum absolute atomic E-state index is 0.269. The summed E-state index contributed by atoms with van der Waals surface area (Å²) >= 11 is 8.03. The van der Waals surface area contributed by atoms with Gasteiger partial charge in [0.15, 0.2) is 2.74 Å². The maximum absolute atomic E-state index is 11.0. The van der Waals surface area contributed by atoms with Gasteiger partial charge in [-0.15, -0.1) is 47.0 Å². The highest BCUT2D eigenvalue weighted by atomic mass is 32.3. The predicted octanol–water partition coefficient (Wildman–Crippen LogP) is 3.04. The first kappa shape index (κ1) is 13.1. The van der Waals surface area contributed by atoms with Crippen LogP contribution in [-0.2, 0) is 9.53 Å². The molecule has 2 fully saturated rings. The Morgan fingerprint density at radius 2 is 2.25 bits per heavy atom. The van der Waals surface area contributed by atoms with Gasteiger partial charge >= 0.3 is 5.97 Å². The Hall–Kier alpha value is 0.610. The predicted molar refractivity (Wildman–Crippen MR) is 77.2 cm³/mol. The van der Waals surface area contributed by atoms with Gasteiger partial charge in [0, 0.05) is 22.8 Å². The fourth-order valence-electron chi connectivity index (χ4n) is 1.45. The van der Waals surface area contributed by atoms with Crippen LogP contribution in [0.5, 0.6) is 0 Å². The molecule has 0 amide bonds. The van der Waals surface area contributed by atoms with E-state index >= 15 is 0 Å². The van der Waals surface area contributed by atoms with Crippen LogP contribution < -0.4 is 0 Å². The second-order valence-corrected chi connectivity index (χ2v) is 10.8. The average molecular weight is 294 g/mol.